The van der Waals surface area contributed by atoms with E-state index < -0.39 is 17.3 Å². The number of carbonyl (C=O) groups is 1. The lowest BCUT2D eigenvalue weighted by molar-refractivity contribution is -0.706. The number of nitrogens with zero attached hydrogens (tertiary/aromatic N) is 2. The number of halogens is 2. The van der Waals surface area contributed by atoms with Gasteiger partial charge in [0.05, 0.1) is 43.6 Å². The Balaban J connectivity index is 0.00000205. The number of morpholine rings is 1. The number of hydrogen-bond donors (Lipinski definition) is 2. The van der Waals surface area contributed by atoms with E-state index in [0.717, 1.165) is 31.1 Å². The molecule has 2 atom stereocenters. The number of carboxylic acid groups (broad SMARTS) is 1. The van der Waals surface area contributed by atoms with Crippen molar-refractivity contribution < 1.29 is 36.8 Å². The van der Waals surface area contributed by atoms with Gasteiger partial charge in [-0.3, -0.25) is 9.20 Å². The monoisotopic (exact) mass is 423 g/mol. The van der Waals surface area contributed by atoms with Crippen molar-refractivity contribution in [2.24, 2.45) is 0 Å². The van der Waals surface area contributed by atoms with Crippen LogP contribution in [0, 0.1) is 12.7 Å². The smallest absolute Gasteiger partial charge is 0.341 e. The van der Waals surface area contributed by atoms with E-state index in [4.69, 9.17) is 4.74 Å². The third-order valence-corrected chi connectivity index (χ3v) is 6.23. The van der Waals surface area contributed by atoms with Crippen molar-refractivity contribution in [3.05, 3.63) is 45.1 Å². The first-order valence-corrected chi connectivity index (χ1v) is 9.77. The van der Waals surface area contributed by atoms with Crippen LogP contribution in [0.5, 0.6) is 0 Å². The molecular weight excluding hydrogens is 401 g/mol. The van der Waals surface area contributed by atoms with E-state index in [1.165, 1.54) is 10.5 Å². The summed E-state index contributed by atoms with van der Waals surface area (Å²) in [5, 5.41) is 11.7. The zero-order chi connectivity index (χ0) is 19.6. The highest BCUT2D eigenvalue weighted by Gasteiger charge is 2.40. The molecule has 2 aliphatic heterocycles. The molecule has 3 N–H and O–H groups in total. The predicted molar refractivity (Wildman–Crippen MR) is 99.8 cm³/mol. The van der Waals surface area contributed by atoms with E-state index in [1.807, 2.05) is 11.8 Å². The number of ether oxygens (including phenoxy) is 1. The maximum Gasteiger partial charge on any atom is 0.341 e. The normalized spacial score (nSPS) is 23.7. The first-order chi connectivity index (χ1) is 13.5. The van der Waals surface area contributed by atoms with Crippen molar-refractivity contribution in [1.82, 2.24) is 4.40 Å². The van der Waals surface area contributed by atoms with Gasteiger partial charge in [0.25, 0.3) is 5.56 Å². The molecule has 0 bridgehead atoms. The van der Waals surface area contributed by atoms with Gasteiger partial charge in [-0.15, -0.1) is 0 Å². The number of aryl methyl sites for hydroxylation is 1. The van der Waals surface area contributed by atoms with Crippen LogP contribution in [0.4, 0.5) is 10.1 Å². The number of fused-ring (bicyclic) bond motifs is 2. The summed E-state index contributed by atoms with van der Waals surface area (Å²) in [6, 6.07) is 1.77. The van der Waals surface area contributed by atoms with Gasteiger partial charge in [0.2, 0.25) is 0 Å². The third kappa shape index (κ3) is 3.19. The summed E-state index contributed by atoms with van der Waals surface area (Å²) in [6.45, 7) is 4.74. The average Bonchev–Trinajstić information content (AvgIpc) is 3.41. The highest BCUT2D eigenvalue weighted by atomic mass is 35.5. The van der Waals surface area contributed by atoms with Gasteiger partial charge in [0.1, 0.15) is 17.7 Å². The van der Waals surface area contributed by atoms with Crippen LogP contribution in [-0.2, 0) is 4.74 Å². The maximum absolute atomic E-state index is 15.2. The van der Waals surface area contributed by atoms with Crippen molar-refractivity contribution in [2.75, 3.05) is 31.1 Å². The van der Waals surface area contributed by atoms with Crippen molar-refractivity contribution in [2.45, 2.75) is 37.8 Å². The molecule has 5 rings (SSSR count). The van der Waals surface area contributed by atoms with Gasteiger partial charge in [-0.05, 0) is 42.9 Å². The predicted octanol–water partition coefficient (Wildman–Crippen LogP) is -2.52. The Morgan fingerprint density at radius 1 is 1.34 bits per heavy atom. The van der Waals surface area contributed by atoms with Crippen molar-refractivity contribution in [3.8, 4) is 0 Å². The number of carboxylic acids is 1. The van der Waals surface area contributed by atoms with Crippen molar-refractivity contribution in [3.63, 3.8) is 0 Å². The van der Waals surface area contributed by atoms with Crippen LogP contribution in [0.15, 0.2) is 17.1 Å². The molecule has 1 aliphatic carbocycles. The summed E-state index contributed by atoms with van der Waals surface area (Å²) in [5.41, 5.74) is 1.67. The fraction of sp³-hybridized carbons (Fsp3) is 0.500. The summed E-state index contributed by atoms with van der Waals surface area (Å²) in [7, 11) is 0. The Labute approximate surface area is 172 Å². The minimum Gasteiger partial charge on any atom is -1.00 e. The Morgan fingerprint density at radius 2 is 2.10 bits per heavy atom. The Kier molecular flexibility index (Phi) is 5.04. The standard InChI is InChI=1S/C20H22FN3O4.ClH/c1-10-17-12(11-2-3-11)6-13(20(26)27)19(25)24(17)7-14(21)18(10)23-8-15-16(9-23)28-5-4-22-15;/h6-7,11,15-16,22H,2-5,8-9H2,1H3,(H,26,27);1H/t15-,16-;/m1./s1. The summed E-state index contributed by atoms with van der Waals surface area (Å²) in [5.74, 6) is -1.56. The number of quaternary nitrogens is 1. The molecule has 3 fully saturated rings. The second-order valence-electron chi connectivity index (χ2n) is 8.07. The minimum atomic E-state index is -1.28. The molecule has 0 unspecified atom stereocenters. The first-order valence-electron chi connectivity index (χ1n) is 9.77. The fourth-order valence-electron chi connectivity index (χ4n) is 4.78. The number of pyridine rings is 2. The summed E-state index contributed by atoms with van der Waals surface area (Å²) in [4.78, 5) is 26.2. The molecule has 0 radical (unpaired) electrons. The van der Waals surface area contributed by atoms with Crippen LogP contribution in [-0.4, -0.2) is 53.9 Å². The van der Waals surface area contributed by atoms with Gasteiger partial charge in [-0.1, -0.05) is 0 Å². The largest absolute Gasteiger partial charge is 1.00 e. The lowest BCUT2D eigenvalue weighted by Crippen LogP contribution is -3.00. The zero-order valence-corrected chi connectivity index (χ0v) is 16.8. The van der Waals surface area contributed by atoms with Crippen molar-refractivity contribution in [1.29, 1.82) is 0 Å². The molecule has 0 spiro atoms. The molecular formula is C20H23ClFN3O4. The van der Waals surface area contributed by atoms with Gasteiger partial charge in [0, 0.05) is 0 Å². The van der Waals surface area contributed by atoms with Crippen LogP contribution >= 0.6 is 0 Å². The van der Waals surface area contributed by atoms with Gasteiger partial charge in [-0.25, -0.2) is 9.18 Å². The SMILES string of the molecule is Cc1c(N2C[C@H]3[NH2+]CCO[C@@H]3C2)c(F)cn2c(=O)c(C(=O)O)cc(C3CC3)c12.[Cl-]. The van der Waals surface area contributed by atoms with Gasteiger partial charge < -0.3 is 32.5 Å². The highest BCUT2D eigenvalue weighted by Crippen LogP contribution is 2.44. The van der Waals surface area contributed by atoms with Gasteiger partial charge >= 0.3 is 5.97 Å². The van der Waals surface area contributed by atoms with E-state index in [1.54, 1.807) is 0 Å². The quantitative estimate of drug-likeness (QED) is 0.569. The molecule has 7 nitrogen and oxygen atoms in total. The Hall–Kier alpha value is -2.16. The van der Waals surface area contributed by atoms with Crippen molar-refractivity contribution >= 4 is 17.2 Å². The number of hydrogen-bond acceptors (Lipinski definition) is 4. The molecule has 2 aromatic heterocycles. The van der Waals surface area contributed by atoms with Crippen LogP contribution in [0.2, 0.25) is 0 Å². The number of nitrogens with two attached hydrogens (primary N) is 1. The molecule has 3 aliphatic rings. The number of rotatable bonds is 3. The van der Waals surface area contributed by atoms with Crippen LogP contribution < -0.4 is 28.2 Å². The van der Waals surface area contributed by atoms with E-state index in [0.29, 0.717) is 36.5 Å². The van der Waals surface area contributed by atoms with E-state index >= 15 is 4.39 Å². The molecule has 2 saturated heterocycles. The Bertz CT molecular complexity index is 1040. The lowest BCUT2D eigenvalue weighted by Gasteiger charge is -2.23. The molecule has 156 valence electrons. The fourth-order valence-corrected chi connectivity index (χ4v) is 4.78. The molecule has 1 saturated carbocycles. The Morgan fingerprint density at radius 3 is 2.76 bits per heavy atom. The topological polar surface area (TPSA) is 87.9 Å². The van der Waals surface area contributed by atoms with E-state index in [9.17, 15) is 14.7 Å². The third-order valence-electron chi connectivity index (χ3n) is 6.23. The second-order valence-corrected chi connectivity index (χ2v) is 8.07. The van der Waals surface area contributed by atoms with Crippen LogP contribution in [0.25, 0.3) is 5.52 Å². The molecule has 29 heavy (non-hydrogen) atoms. The molecule has 4 heterocycles. The number of aromatic nitrogens is 1. The van der Waals surface area contributed by atoms with E-state index in [-0.39, 0.29) is 36.0 Å². The minimum absolute atomic E-state index is 0. The summed E-state index contributed by atoms with van der Waals surface area (Å²) >= 11 is 0. The molecule has 0 amide bonds. The number of anilines is 1. The first kappa shape index (κ1) is 20.1. The maximum atomic E-state index is 15.2. The summed E-state index contributed by atoms with van der Waals surface area (Å²) < 4.78 is 22.2. The van der Waals surface area contributed by atoms with Gasteiger partial charge in [-0.2, -0.15) is 0 Å². The van der Waals surface area contributed by atoms with Gasteiger partial charge in [0.15, 0.2) is 5.82 Å². The lowest BCUT2D eigenvalue weighted by atomic mass is 10.0. The average molecular weight is 424 g/mol. The highest BCUT2D eigenvalue weighted by molar-refractivity contribution is 5.89. The zero-order valence-electron chi connectivity index (χ0n) is 16.0. The van der Waals surface area contributed by atoms with Crippen LogP contribution in [0.1, 0.15) is 40.2 Å². The second kappa shape index (κ2) is 7.27. The molecule has 9 heteroatoms. The summed E-state index contributed by atoms with van der Waals surface area (Å²) in [6.07, 6.45) is 3.14. The molecule has 0 aromatic carbocycles. The number of aromatic carboxylic acids is 1. The van der Waals surface area contributed by atoms with Crippen LogP contribution in [0.3, 0.4) is 0 Å². The van der Waals surface area contributed by atoms with E-state index in [2.05, 4.69) is 5.32 Å². The molecule has 2 aromatic rings.